The van der Waals surface area contributed by atoms with Crippen LogP contribution in [0, 0.1) is 0 Å². The van der Waals surface area contributed by atoms with E-state index in [1.807, 2.05) is 54.6 Å². The van der Waals surface area contributed by atoms with Crippen molar-refractivity contribution in [2.75, 3.05) is 17.7 Å². The average Bonchev–Trinajstić information content (AvgIpc) is 3.32. The molecule has 0 unspecified atom stereocenters. The Kier molecular flexibility index (Phi) is 7.39. The molecule has 2 aromatic heterocycles. The number of fused-ring (bicyclic) bond motifs is 1. The van der Waals surface area contributed by atoms with Crippen LogP contribution in [0.3, 0.4) is 0 Å². The number of benzene rings is 3. The Labute approximate surface area is 231 Å². The molecule has 0 spiro atoms. The molecule has 0 atom stereocenters. The van der Waals surface area contributed by atoms with Gasteiger partial charge in [0.1, 0.15) is 5.82 Å². The van der Waals surface area contributed by atoms with Crippen molar-refractivity contribution in [3.8, 4) is 11.3 Å². The number of amides is 1. The van der Waals surface area contributed by atoms with Gasteiger partial charge in [-0.05, 0) is 57.9 Å². The number of ether oxygens (including phenoxy) is 1. The number of methoxy groups -OCH3 is 1. The molecule has 0 aliphatic carbocycles. The largest absolute Gasteiger partial charge is 0.465 e. The topological polar surface area (TPSA) is 97.6 Å². The predicted molar refractivity (Wildman–Crippen MR) is 151 cm³/mol. The van der Waals surface area contributed by atoms with Crippen LogP contribution in [-0.4, -0.2) is 33.6 Å². The van der Waals surface area contributed by atoms with Crippen molar-refractivity contribution in [3.05, 3.63) is 111 Å². The minimum Gasteiger partial charge on any atom is -0.465 e. The Morgan fingerprint density at radius 3 is 2.53 bits per heavy atom. The maximum absolute atomic E-state index is 12.7. The number of halogens is 2. The van der Waals surface area contributed by atoms with Gasteiger partial charge in [-0.2, -0.15) is 9.61 Å². The van der Waals surface area contributed by atoms with Gasteiger partial charge in [0.15, 0.2) is 5.65 Å². The van der Waals surface area contributed by atoms with Crippen LogP contribution in [0.15, 0.2) is 89.5 Å². The van der Waals surface area contributed by atoms with Crippen LogP contribution in [0.5, 0.6) is 0 Å². The summed E-state index contributed by atoms with van der Waals surface area (Å²) in [7, 11) is 1.30. The van der Waals surface area contributed by atoms with E-state index in [9.17, 15) is 9.59 Å². The molecule has 10 heteroatoms. The van der Waals surface area contributed by atoms with Crippen LogP contribution >= 0.6 is 27.5 Å². The third kappa shape index (κ3) is 5.39. The highest BCUT2D eigenvalue weighted by Gasteiger charge is 2.14. The molecule has 0 radical (unpaired) electrons. The normalized spacial score (nSPS) is 10.8. The summed E-state index contributed by atoms with van der Waals surface area (Å²) < 4.78 is 7.22. The molecule has 3 aromatic carbocycles. The van der Waals surface area contributed by atoms with Crippen molar-refractivity contribution >= 4 is 56.6 Å². The first-order valence-corrected chi connectivity index (χ1v) is 12.7. The van der Waals surface area contributed by atoms with Crippen molar-refractivity contribution < 1.29 is 14.3 Å². The zero-order valence-electron chi connectivity index (χ0n) is 20.1. The number of carbonyl (C=O) groups is 2. The molecule has 2 heterocycles. The number of rotatable bonds is 7. The fourth-order valence-corrected chi connectivity index (χ4v) is 4.46. The maximum atomic E-state index is 12.7. The third-order valence-electron chi connectivity index (χ3n) is 5.81. The molecule has 2 N–H and O–H groups in total. The average molecular weight is 591 g/mol. The minimum absolute atomic E-state index is 0.314. The number of nitrogens with one attached hydrogen (secondary N) is 2. The van der Waals surface area contributed by atoms with E-state index >= 15 is 0 Å². The van der Waals surface area contributed by atoms with Gasteiger partial charge < -0.3 is 15.4 Å². The Balaban J connectivity index is 1.31. The van der Waals surface area contributed by atoms with E-state index in [-0.39, 0.29) is 5.91 Å². The molecule has 0 fully saturated rings. The molecular weight excluding hydrogens is 570 g/mol. The Bertz CT molecular complexity index is 1650. The van der Waals surface area contributed by atoms with Gasteiger partial charge in [-0.3, -0.25) is 4.79 Å². The summed E-state index contributed by atoms with van der Waals surface area (Å²) in [5.74, 6) is -0.0694. The zero-order valence-corrected chi connectivity index (χ0v) is 22.5. The van der Waals surface area contributed by atoms with Crippen LogP contribution in [0.25, 0.3) is 16.9 Å². The lowest BCUT2D eigenvalue weighted by Crippen LogP contribution is -2.13. The van der Waals surface area contributed by atoms with E-state index in [1.165, 1.54) is 13.2 Å². The molecule has 190 valence electrons. The lowest BCUT2D eigenvalue weighted by atomic mass is 10.1. The Hall–Kier alpha value is -4.21. The van der Waals surface area contributed by atoms with Gasteiger partial charge in [-0.15, -0.1) is 0 Å². The molecule has 38 heavy (non-hydrogen) atoms. The second kappa shape index (κ2) is 11.0. The fraction of sp³-hybridized carbons (Fsp3) is 0.0714. The number of hydrogen-bond acceptors (Lipinski definition) is 6. The van der Waals surface area contributed by atoms with Crippen molar-refractivity contribution in [1.82, 2.24) is 14.6 Å². The van der Waals surface area contributed by atoms with Gasteiger partial charge in [0.25, 0.3) is 5.91 Å². The highest BCUT2D eigenvalue weighted by atomic mass is 79.9. The van der Waals surface area contributed by atoms with Gasteiger partial charge in [0, 0.05) is 34.4 Å². The highest BCUT2D eigenvalue weighted by Crippen LogP contribution is 2.30. The summed E-state index contributed by atoms with van der Waals surface area (Å²) in [6.45, 7) is 0.508. The number of aromatic nitrogens is 3. The van der Waals surface area contributed by atoms with E-state index < -0.39 is 5.97 Å². The second-order valence-electron chi connectivity index (χ2n) is 8.31. The summed E-state index contributed by atoms with van der Waals surface area (Å²) in [4.78, 5) is 29.1. The standard InChI is InChI=1S/C28H21BrClN5O3/c1-38-28(37)19-6-4-5-18(13-19)27(36)33-20-11-9-17(10-12-20)15-31-25-14-24(21-7-2-3-8-23(21)30)34-26-22(29)16-32-35(25)26/h2-14,16,31H,15H2,1H3,(H,33,36). The predicted octanol–water partition coefficient (Wildman–Crippen LogP) is 6.46. The second-order valence-corrected chi connectivity index (χ2v) is 9.57. The fourth-order valence-electron chi connectivity index (χ4n) is 3.88. The zero-order chi connectivity index (χ0) is 26.6. The van der Waals surface area contributed by atoms with E-state index in [0.717, 1.165) is 27.1 Å². The maximum Gasteiger partial charge on any atom is 0.337 e. The first kappa shape index (κ1) is 25.4. The molecular formula is C28H21BrClN5O3. The lowest BCUT2D eigenvalue weighted by Gasteiger charge is -2.12. The SMILES string of the molecule is COC(=O)c1cccc(C(=O)Nc2ccc(CNc3cc(-c4ccccc4Cl)nc4c(Br)cnn34)cc2)c1. The number of nitrogens with zero attached hydrogens (tertiary/aromatic N) is 3. The first-order valence-electron chi connectivity index (χ1n) is 11.5. The number of hydrogen-bond donors (Lipinski definition) is 2. The Morgan fingerprint density at radius 2 is 1.76 bits per heavy atom. The number of anilines is 2. The molecule has 5 rings (SSSR count). The summed E-state index contributed by atoms with van der Waals surface area (Å²) >= 11 is 9.94. The smallest absolute Gasteiger partial charge is 0.337 e. The van der Waals surface area contributed by atoms with Crippen LogP contribution < -0.4 is 10.6 Å². The van der Waals surface area contributed by atoms with E-state index in [1.54, 1.807) is 28.9 Å². The third-order valence-corrected chi connectivity index (χ3v) is 6.70. The van der Waals surface area contributed by atoms with E-state index in [2.05, 4.69) is 31.7 Å². The molecule has 0 bridgehead atoms. The molecule has 0 saturated heterocycles. The summed E-state index contributed by atoms with van der Waals surface area (Å²) in [6, 6.07) is 23.3. The number of esters is 1. The van der Waals surface area contributed by atoms with Crippen molar-refractivity contribution in [2.24, 2.45) is 0 Å². The van der Waals surface area contributed by atoms with Gasteiger partial charge in [0.05, 0.1) is 29.0 Å². The first-order chi connectivity index (χ1) is 18.4. The van der Waals surface area contributed by atoms with Crippen LogP contribution in [0.4, 0.5) is 11.5 Å². The molecule has 0 aliphatic heterocycles. The molecule has 0 saturated carbocycles. The van der Waals surface area contributed by atoms with Gasteiger partial charge >= 0.3 is 5.97 Å². The van der Waals surface area contributed by atoms with Crippen molar-refractivity contribution in [1.29, 1.82) is 0 Å². The summed E-state index contributed by atoms with van der Waals surface area (Å²) in [6.07, 6.45) is 1.70. The van der Waals surface area contributed by atoms with Crippen molar-refractivity contribution in [3.63, 3.8) is 0 Å². The van der Waals surface area contributed by atoms with Gasteiger partial charge in [-0.1, -0.05) is 48.0 Å². The van der Waals surface area contributed by atoms with Crippen LogP contribution in [0.2, 0.25) is 5.02 Å². The molecule has 0 aliphatic rings. The highest BCUT2D eigenvalue weighted by molar-refractivity contribution is 9.10. The van der Waals surface area contributed by atoms with Gasteiger partial charge in [0.2, 0.25) is 0 Å². The van der Waals surface area contributed by atoms with Crippen LogP contribution in [-0.2, 0) is 11.3 Å². The lowest BCUT2D eigenvalue weighted by molar-refractivity contribution is 0.0600. The molecule has 8 nitrogen and oxygen atoms in total. The molecule has 5 aromatic rings. The summed E-state index contributed by atoms with van der Waals surface area (Å²) in [5, 5.41) is 11.3. The minimum atomic E-state index is -0.496. The monoisotopic (exact) mass is 589 g/mol. The number of carbonyl (C=O) groups excluding carboxylic acids is 2. The van der Waals surface area contributed by atoms with Gasteiger partial charge in [-0.25, -0.2) is 9.78 Å². The van der Waals surface area contributed by atoms with Crippen molar-refractivity contribution in [2.45, 2.75) is 6.54 Å². The molecule has 1 amide bonds. The van der Waals surface area contributed by atoms with E-state index in [4.69, 9.17) is 21.3 Å². The summed E-state index contributed by atoms with van der Waals surface area (Å²) in [5.41, 5.74) is 4.51. The van der Waals surface area contributed by atoms with Crippen LogP contribution in [0.1, 0.15) is 26.3 Å². The van der Waals surface area contributed by atoms with E-state index in [0.29, 0.717) is 34.0 Å². The Morgan fingerprint density at radius 1 is 1.00 bits per heavy atom. The quantitative estimate of drug-likeness (QED) is 0.211.